The molecular weight excluding hydrogens is 348 g/mol. The first kappa shape index (κ1) is 16.7. The van der Waals surface area contributed by atoms with Gasteiger partial charge in [0.05, 0.1) is 4.90 Å². The molecule has 2 heterocycles. The van der Waals surface area contributed by atoms with Crippen LogP contribution in [0.15, 0.2) is 40.4 Å². The van der Waals surface area contributed by atoms with Gasteiger partial charge in [-0.05, 0) is 32.2 Å². The monoisotopic (exact) mass is 364 g/mol. The average molecular weight is 364 g/mol. The number of rotatable bonds is 5. The standard InChI is InChI=1S/C14H16N6O2S2/c1-9-4-6-11(7-5-9)24(21,22)19-17-12-8-10(2)15-13-16-14(23-3)18-20(12)13/h4-8,17,19H,1-3H3. The summed E-state index contributed by atoms with van der Waals surface area (Å²) in [6.07, 6.45) is 1.86. The molecule has 0 radical (unpaired) electrons. The lowest BCUT2D eigenvalue weighted by atomic mass is 10.2. The van der Waals surface area contributed by atoms with Crippen LogP contribution in [-0.4, -0.2) is 34.3 Å². The van der Waals surface area contributed by atoms with Gasteiger partial charge in [0.1, 0.15) is 5.82 Å². The molecule has 0 spiro atoms. The summed E-state index contributed by atoms with van der Waals surface area (Å²) in [4.78, 5) is 11.1. The molecule has 1 aromatic carbocycles. The zero-order chi connectivity index (χ0) is 17.3. The highest BCUT2D eigenvalue weighted by Gasteiger charge is 2.15. The van der Waals surface area contributed by atoms with Gasteiger partial charge in [-0.25, -0.2) is 13.4 Å². The van der Waals surface area contributed by atoms with Crippen molar-refractivity contribution >= 4 is 33.4 Å². The van der Waals surface area contributed by atoms with Gasteiger partial charge in [0.25, 0.3) is 15.8 Å². The molecule has 2 N–H and O–H groups in total. The van der Waals surface area contributed by atoms with Crippen molar-refractivity contribution in [3.63, 3.8) is 0 Å². The Morgan fingerprint density at radius 2 is 1.83 bits per heavy atom. The predicted molar refractivity (Wildman–Crippen MR) is 92.4 cm³/mol. The highest BCUT2D eigenvalue weighted by molar-refractivity contribution is 7.98. The number of hydrogen-bond donors (Lipinski definition) is 2. The number of hydrazine groups is 1. The van der Waals surface area contributed by atoms with Gasteiger partial charge in [0, 0.05) is 11.8 Å². The van der Waals surface area contributed by atoms with E-state index in [9.17, 15) is 8.42 Å². The first-order chi connectivity index (χ1) is 11.4. The number of aryl methyl sites for hydroxylation is 2. The third-order valence-electron chi connectivity index (χ3n) is 3.25. The Morgan fingerprint density at radius 3 is 2.50 bits per heavy atom. The Hall–Kier alpha value is -2.17. The van der Waals surface area contributed by atoms with Crippen LogP contribution in [0.25, 0.3) is 5.78 Å². The molecule has 0 fully saturated rings. The number of nitrogens with zero attached hydrogens (tertiary/aromatic N) is 4. The summed E-state index contributed by atoms with van der Waals surface area (Å²) in [5.41, 5.74) is 4.37. The molecular formula is C14H16N6O2S2. The number of aromatic nitrogens is 4. The Bertz CT molecular complexity index is 982. The fourth-order valence-corrected chi connectivity index (χ4v) is 3.23. The zero-order valence-corrected chi connectivity index (χ0v) is 14.9. The van der Waals surface area contributed by atoms with Crippen LogP contribution in [0.3, 0.4) is 0 Å². The van der Waals surface area contributed by atoms with Gasteiger partial charge in [-0.2, -0.15) is 9.50 Å². The molecule has 3 aromatic rings. The number of hydrogen-bond acceptors (Lipinski definition) is 7. The Morgan fingerprint density at radius 1 is 1.12 bits per heavy atom. The van der Waals surface area contributed by atoms with Gasteiger partial charge in [-0.1, -0.05) is 29.5 Å². The van der Waals surface area contributed by atoms with Crippen molar-refractivity contribution in [1.29, 1.82) is 0 Å². The largest absolute Gasteiger partial charge is 0.292 e. The van der Waals surface area contributed by atoms with Crippen LogP contribution in [0.4, 0.5) is 5.82 Å². The van der Waals surface area contributed by atoms with E-state index in [-0.39, 0.29) is 4.90 Å². The lowest BCUT2D eigenvalue weighted by Crippen LogP contribution is -2.30. The topological polar surface area (TPSA) is 101 Å². The second kappa shape index (κ2) is 6.38. The van der Waals surface area contributed by atoms with Crippen molar-refractivity contribution in [2.75, 3.05) is 11.7 Å². The average Bonchev–Trinajstić information content (AvgIpc) is 2.96. The minimum Gasteiger partial charge on any atom is -0.292 e. The fourth-order valence-electron chi connectivity index (χ4n) is 2.04. The maximum Gasteiger partial charge on any atom is 0.257 e. The molecule has 0 amide bonds. The normalized spacial score (nSPS) is 11.8. The quantitative estimate of drug-likeness (QED) is 0.525. The minimum atomic E-state index is -3.70. The van der Waals surface area contributed by atoms with Crippen LogP contribution in [0.2, 0.25) is 0 Å². The molecule has 0 saturated heterocycles. The van der Waals surface area contributed by atoms with Crippen molar-refractivity contribution in [3.05, 3.63) is 41.6 Å². The van der Waals surface area contributed by atoms with E-state index in [2.05, 4.69) is 25.3 Å². The van der Waals surface area contributed by atoms with Crippen LogP contribution in [0.1, 0.15) is 11.3 Å². The molecule has 8 nitrogen and oxygen atoms in total. The van der Waals surface area contributed by atoms with Gasteiger partial charge < -0.3 is 0 Å². The predicted octanol–water partition coefficient (Wildman–Crippen LogP) is 1.77. The molecule has 24 heavy (non-hydrogen) atoms. The molecule has 0 aliphatic carbocycles. The summed E-state index contributed by atoms with van der Waals surface area (Å²) >= 11 is 1.38. The number of thioether (sulfide) groups is 1. The number of sulfonamides is 1. The molecule has 0 bridgehead atoms. The zero-order valence-electron chi connectivity index (χ0n) is 13.3. The smallest absolute Gasteiger partial charge is 0.257 e. The summed E-state index contributed by atoms with van der Waals surface area (Å²) < 4.78 is 26.2. The Balaban J connectivity index is 1.90. The van der Waals surface area contributed by atoms with E-state index < -0.39 is 10.0 Å². The van der Waals surface area contributed by atoms with Gasteiger partial charge in [-0.15, -0.1) is 9.93 Å². The van der Waals surface area contributed by atoms with Crippen molar-refractivity contribution in [2.45, 2.75) is 23.9 Å². The van der Waals surface area contributed by atoms with Gasteiger partial charge in [0.15, 0.2) is 0 Å². The molecule has 0 aliphatic rings. The third kappa shape index (κ3) is 3.35. The van der Waals surface area contributed by atoms with Crippen molar-refractivity contribution < 1.29 is 8.42 Å². The lowest BCUT2D eigenvalue weighted by molar-refractivity contribution is 0.587. The van der Waals surface area contributed by atoms with E-state index in [1.807, 2.05) is 13.2 Å². The van der Waals surface area contributed by atoms with Gasteiger partial charge in [-0.3, -0.25) is 5.43 Å². The Kier molecular flexibility index (Phi) is 4.43. The van der Waals surface area contributed by atoms with Gasteiger partial charge >= 0.3 is 0 Å². The van der Waals surface area contributed by atoms with Gasteiger partial charge in [0.2, 0.25) is 5.16 Å². The molecule has 3 rings (SSSR count). The van der Waals surface area contributed by atoms with E-state index in [0.717, 1.165) is 5.56 Å². The minimum absolute atomic E-state index is 0.172. The highest BCUT2D eigenvalue weighted by Crippen LogP contribution is 2.16. The van der Waals surface area contributed by atoms with Crippen LogP contribution >= 0.6 is 11.8 Å². The van der Waals surface area contributed by atoms with Crippen LogP contribution in [-0.2, 0) is 10.0 Å². The summed E-state index contributed by atoms with van der Waals surface area (Å²) in [7, 11) is -3.70. The van der Waals surface area contributed by atoms with Crippen molar-refractivity contribution in [1.82, 2.24) is 24.4 Å². The maximum absolute atomic E-state index is 12.4. The number of benzene rings is 1. The number of nitrogens with one attached hydrogen (secondary N) is 2. The van der Waals surface area contributed by atoms with E-state index in [1.165, 1.54) is 16.3 Å². The van der Waals surface area contributed by atoms with E-state index in [0.29, 0.717) is 22.4 Å². The first-order valence-corrected chi connectivity index (χ1v) is 9.73. The number of fused-ring (bicyclic) bond motifs is 1. The molecule has 0 atom stereocenters. The summed E-state index contributed by atoms with van der Waals surface area (Å²) in [5, 5.41) is 4.82. The summed E-state index contributed by atoms with van der Waals surface area (Å²) in [6, 6.07) is 8.27. The number of anilines is 1. The fraction of sp³-hybridized carbons (Fsp3) is 0.214. The molecule has 2 aromatic heterocycles. The SMILES string of the molecule is CSc1nc2nc(C)cc(NNS(=O)(=O)c3ccc(C)cc3)n2n1. The van der Waals surface area contributed by atoms with E-state index in [4.69, 9.17) is 0 Å². The maximum atomic E-state index is 12.4. The van der Waals surface area contributed by atoms with Crippen LogP contribution in [0, 0.1) is 13.8 Å². The van der Waals surface area contributed by atoms with Crippen molar-refractivity contribution in [3.8, 4) is 0 Å². The van der Waals surface area contributed by atoms with Crippen LogP contribution in [0.5, 0.6) is 0 Å². The molecule has 0 unspecified atom stereocenters. The highest BCUT2D eigenvalue weighted by atomic mass is 32.2. The third-order valence-corrected chi connectivity index (χ3v) is 5.05. The molecule has 0 saturated carbocycles. The molecule has 0 aliphatic heterocycles. The summed E-state index contributed by atoms with van der Waals surface area (Å²) in [6.45, 7) is 3.69. The molecule has 10 heteroatoms. The first-order valence-electron chi connectivity index (χ1n) is 7.02. The van der Waals surface area contributed by atoms with E-state index >= 15 is 0 Å². The second-order valence-corrected chi connectivity index (χ2v) is 7.59. The van der Waals surface area contributed by atoms with E-state index in [1.54, 1.807) is 37.3 Å². The molecule has 126 valence electrons. The van der Waals surface area contributed by atoms with Crippen molar-refractivity contribution in [2.24, 2.45) is 0 Å². The summed E-state index contributed by atoms with van der Waals surface area (Å²) in [5.74, 6) is 0.831. The second-order valence-electron chi connectivity index (χ2n) is 5.14. The van der Waals surface area contributed by atoms with Crippen LogP contribution < -0.4 is 10.3 Å². The lowest BCUT2D eigenvalue weighted by Gasteiger charge is -2.11. The Labute approximate surface area is 143 Å².